The van der Waals surface area contributed by atoms with E-state index in [9.17, 15) is 9.59 Å². The number of amides is 3. The number of piperidine rings is 1. The second-order valence-electron chi connectivity index (χ2n) is 6.80. The standard InChI is InChI=1S/C18H25N5O2/c1-12-5-4-6-14-16(12)21-17(20-14)13-7-9-23(10-8-13)15(24)11-19-18(25)22(2)3/h4-6,13H,7-11H2,1-3H3,(H,19,25)(H,20,21). The molecule has 2 N–H and O–H groups in total. The molecule has 1 aliphatic rings. The number of nitrogens with one attached hydrogen (secondary N) is 2. The number of aromatic amines is 1. The molecule has 3 rings (SSSR count). The SMILES string of the molecule is Cc1cccc2[nH]c(C3CCN(C(=O)CNC(=O)N(C)C)CC3)nc12. The van der Waals surface area contributed by atoms with Crippen LogP contribution in [-0.4, -0.2) is 65.4 Å². The lowest BCUT2D eigenvalue weighted by molar-refractivity contribution is -0.131. The molecule has 134 valence electrons. The third-order valence-corrected chi connectivity index (χ3v) is 4.76. The highest BCUT2D eigenvalue weighted by atomic mass is 16.2. The third-order valence-electron chi connectivity index (χ3n) is 4.76. The van der Waals surface area contributed by atoms with Crippen LogP contribution in [0.25, 0.3) is 11.0 Å². The fourth-order valence-corrected chi connectivity index (χ4v) is 3.21. The van der Waals surface area contributed by atoms with Gasteiger partial charge in [0.05, 0.1) is 17.6 Å². The zero-order valence-corrected chi connectivity index (χ0v) is 15.0. The quantitative estimate of drug-likeness (QED) is 0.892. The summed E-state index contributed by atoms with van der Waals surface area (Å²) in [5.74, 6) is 1.32. The number of likely N-dealkylation sites (tertiary alicyclic amines) is 1. The van der Waals surface area contributed by atoms with E-state index in [0.29, 0.717) is 19.0 Å². The molecule has 7 nitrogen and oxygen atoms in total. The summed E-state index contributed by atoms with van der Waals surface area (Å²) in [6.07, 6.45) is 1.76. The number of hydrogen-bond donors (Lipinski definition) is 2. The number of imidazole rings is 1. The van der Waals surface area contributed by atoms with E-state index >= 15 is 0 Å². The van der Waals surface area contributed by atoms with Gasteiger partial charge in [0, 0.05) is 33.1 Å². The van der Waals surface area contributed by atoms with Crippen molar-refractivity contribution < 1.29 is 9.59 Å². The first-order valence-electron chi connectivity index (χ1n) is 8.64. The van der Waals surface area contributed by atoms with E-state index in [4.69, 9.17) is 4.98 Å². The molecule has 0 aliphatic carbocycles. The first kappa shape index (κ1) is 17.3. The summed E-state index contributed by atoms with van der Waals surface area (Å²) in [6.45, 7) is 3.50. The van der Waals surface area contributed by atoms with Gasteiger partial charge in [0.2, 0.25) is 5.91 Å². The minimum absolute atomic E-state index is 0.0332. The van der Waals surface area contributed by atoms with Crippen LogP contribution in [0.15, 0.2) is 18.2 Å². The maximum Gasteiger partial charge on any atom is 0.317 e. The Hall–Kier alpha value is -2.57. The number of rotatable bonds is 3. The molecule has 0 unspecified atom stereocenters. The fraction of sp³-hybridized carbons (Fsp3) is 0.500. The highest BCUT2D eigenvalue weighted by Gasteiger charge is 2.26. The second kappa shape index (κ2) is 7.13. The second-order valence-corrected chi connectivity index (χ2v) is 6.80. The van der Waals surface area contributed by atoms with Crippen molar-refractivity contribution >= 4 is 23.0 Å². The van der Waals surface area contributed by atoms with Crippen LogP contribution < -0.4 is 5.32 Å². The molecule has 25 heavy (non-hydrogen) atoms. The molecule has 1 saturated heterocycles. The molecule has 0 radical (unpaired) electrons. The predicted molar refractivity (Wildman–Crippen MR) is 96.5 cm³/mol. The lowest BCUT2D eigenvalue weighted by atomic mass is 9.96. The molecule has 0 bridgehead atoms. The van der Waals surface area contributed by atoms with E-state index in [1.54, 1.807) is 14.1 Å². The van der Waals surface area contributed by atoms with Crippen molar-refractivity contribution in [1.82, 2.24) is 25.1 Å². The Bertz CT molecular complexity index is 775. The summed E-state index contributed by atoms with van der Waals surface area (Å²) in [4.78, 5) is 35.2. The molecular weight excluding hydrogens is 318 g/mol. The predicted octanol–water partition coefficient (Wildman–Crippen LogP) is 1.85. The molecular formula is C18H25N5O2. The lowest BCUT2D eigenvalue weighted by Crippen LogP contribution is -2.45. The number of aryl methyl sites for hydroxylation is 1. The van der Waals surface area contributed by atoms with Gasteiger partial charge in [0.1, 0.15) is 5.82 Å². The molecule has 2 aromatic rings. The molecule has 0 atom stereocenters. The number of aromatic nitrogens is 2. The molecule has 1 aromatic carbocycles. The summed E-state index contributed by atoms with van der Waals surface area (Å²) in [5, 5.41) is 2.62. The van der Waals surface area contributed by atoms with Crippen molar-refractivity contribution in [2.45, 2.75) is 25.7 Å². The summed E-state index contributed by atoms with van der Waals surface area (Å²) in [6, 6.07) is 5.89. The third kappa shape index (κ3) is 3.75. The monoisotopic (exact) mass is 343 g/mol. The van der Waals surface area contributed by atoms with Crippen molar-refractivity contribution in [1.29, 1.82) is 0 Å². The molecule has 2 heterocycles. The number of carbonyl (C=O) groups excluding carboxylic acids is 2. The Balaban J connectivity index is 1.56. The van der Waals surface area contributed by atoms with Gasteiger partial charge in [0.15, 0.2) is 0 Å². The largest absolute Gasteiger partial charge is 0.342 e. The smallest absolute Gasteiger partial charge is 0.317 e. The van der Waals surface area contributed by atoms with Crippen LogP contribution in [0.3, 0.4) is 0 Å². The molecule has 1 aliphatic heterocycles. The topological polar surface area (TPSA) is 81.3 Å². The van der Waals surface area contributed by atoms with Crippen LogP contribution in [0.1, 0.15) is 30.1 Å². The Morgan fingerprint density at radius 2 is 2.04 bits per heavy atom. The molecule has 1 aromatic heterocycles. The average molecular weight is 343 g/mol. The summed E-state index contributed by atoms with van der Waals surface area (Å²) in [7, 11) is 3.31. The van der Waals surface area contributed by atoms with Crippen molar-refractivity contribution in [2.24, 2.45) is 0 Å². The van der Waals surface area contributed by atoms with Gasteiger partial charge >= 0.3 is 6.03 Å². The van der Waals surface area contributed by atoms with Gasteiger partial charge in [-0.05, 0) is 31.4 Å². The minimum atomic E-state index is -0.249. The van der Waals surface area contributed by atoms with Crippen molar-refractivity contribution in [3.63, 3.8) is 0 Å². The first-order chi connectivity index (χ1) is 12.0. The number of H-pyrrole nitrogens is 1. The summed E-state index contributed by atoms with van der Waals surface area (Å²) < 4.78 is 0. The number of benzene rings is 1. The van der Waals surface area contributed by atoms with E-state index in [0.717, 1.165) is 29.7 Å². The Morgan fingerprint density at radius 3 is 2.68 bits per heavy atom. The molecule has 1 fully saturated rings. The van der Waals surface area contributed by atoms with Crippen LogP contribution in [0.4, 0.5) is 4.79 Å². The van der Waals surface area contributed by atoms with E-state index in [1.165, 1.54) is 10.5 Å². The van der Waals surface area contributed by atoms with E-state index in [1.807, 2.05) is 17.0 Å². The summed E-state index contributed by atoms with van der Waals surface area (Å²) >= 11 is 0. The van der Waals surface area contributed by atoms with Gasteiger partial charge in [-0.3, -0.25) is 4.79 Å². The van der Waals surface area contributed by atoms with Crippen molar-refractivity contribution in [2.75, 3.05) is 33.7 Å². The highest BCUT2D eigenvalue weighted by molar-refractivity contribution is 5.84. The number of nitrogens with zero attached hydrogens (tertiary/aromatic N) is 3. The van der Waals surface area contributed by atoms with E-state index < -0.39 is 0 Å². The van der Waals surface area contributed by atoms with Gasteiger partial charge in [-0.15, -0.1) is 0 Å². The number of hydrogen-bond acceptors (Lipinski definition) is 3. The molecule has 3 amide bonds. The van der Waals surface area contributed by atoms with Crippen molar-refractivity contribution in [3.8, 4) is 0 Å². The number of fused-ring (bicyclic) bond motifs is 1. The zero-order chi connectivity index (χ0) is 18.0. The van der Waals surface area contributed by atoms with Gasteiger partial charge in [-0.1, -0.05) is 12.1 Å². The van der Waals surface area contributed by atoms with Gasteiger partial charge in [-0.2, -0.15) is 0 Å². The van der Waals surface area contributed by atoms with E-state index in [2.05, 4.69) is 23.3 Å². The lowest BCUT2D eigenvalue weighted by Gasteiger charge is -2.31. The van der Waals surface area contributed by atoms with Crippen LogP contribution in [0.2, 0.25) is 0 Å². The zero-order valence-electron chi connectivity index (χ0n) is 15.0. The van der Waals surface area contributed by atoms with Crippen LogP contribution in [-0.2, 0) is 4.79 Å². The van der Waals surface area contributed by atoms with Crippen molar-refractivity contribution in [3.05, 3.63) is 29.6 Å². The minimum Gasteiger partial charge on any atom is -0.342 e. The normalized spacial score (nSPS) is 15.4. The van der Waals surface area contributed by atoms with Gasteiger partial charge in [0.25, 0.3) is 0 Å². The van der Waals surface area contributed by atoms with E-state index in [-0.39, 0.29) is 18.5 Å². The van der Waals surface area contributed by atoms with Crippen LogP contribution in [0, 0.1) is 6.92 Å². The number of urea groups is 1. The first-order valence-corrected chi connectivity index (χ1v) is 8.64. The van der Waals surface area contributed by atoms with Crippen LogP contribution >= 0.6 is 0 Å². The number of para-hydroxylation sites is 1. The molecule has 7 heteroatoms. The molecule has 0 saturated carbocycles. The maximum atomic E-state index is 12.2. The number of carbonyl (C=O) groups is 2. The molecule has 0 spiro atoms. The Labute approximate surface area is 147 Å². The van der Waals surface area contributed by atoms with Crippen LogP contribution in [0.5, 0.6) is 0 Å². The maximum absolute atomic E-state index is 12.2. The highest BCUT2D eigenvalue weighted by Crippen LogP contribution is 2.28. The van der Waals surface area contributed by atoms with Gasteiger partial charge in [-0.25, -0.2) is 9.78 Å². The summed E-state index contributed by atoms with van der Waals surface area (Å²) in [5.41, 5.74) is 3.27. The fourth-order valence-electron chi connectivity index (χ4n) is 3.21. The average Bonchev–Trinajstić information content (AvgIpc) is 3.05. The van der Waals surface area contributed by atoms with Gasteiger partial charge < -0.3 is 20.1 Å². The Morgan fingerprint density at radius 1 is 1.32 bits per heavy atom. The Kier molecular flexibility index (Phi) is 4.92.